The van der Waals surface area contributed by atoms with Crippen LogP contribution < -0.4 is 20.3 Å². The second-order valence-corrected chi connectivity index (χ2v) is 10.5. The van der Waals surface area contributed by atoms with Crippen LogP contribution >= 0.6 is 0 Å². The van der Waals surface area contributed by atoms with Gasteiger partial charge < -0.3 is 29.7 Å². The monoisotopic (exact) mass is 539 g/mol. The van der Waals surface area contributed by atoms with Crippen molar-refractivity contribution >= 4 is 39.8 Å². The first-order valence-corrected chi connectivity index (χ1v) is 13.5. The Labute approximate surface area is 235 Å². The summed E-state index contributed by atoms with van der Waals surface area (Å²) in [6, 6.07) is 10.5. The third-order valence-electron chi connectivity index (χ3n) is 7.38. The molecular weight excluding hydrogens is 502 g/mol. The summed E-state index contributed by atoms with van der Waals surface area (Å²) < 4.78 is 8.02. The van der Waals surface area contributed by atoms with Gasteiger partial charge in [0.05, 0.1) is 30.2 Å². The maximum absolute atomic E-state index is 12.3. The molecule has 0 unspecified atom stereocenters. The first kappa shape index (κ1) is 27.2. The fraction of sp³-hybridized carbons (Fsp3) is 0.323. The van der Waals surface area contributed by atoms with Crippen molar-refractivity contribution in [3.05, 3.63) is 66.5 Å². The van der Waals surface area contributed by atoms with Crippen LogP contribution in [0.3, 0.4) is 0 Å². The van der Waals surface area contributed by atoms with Gasteiger partial charge in [0.2, 0.25) is 11.9 Å². The molecule has 2 aromatic carbocycles. The third kappa shape index (κ3) is 5.37. The van der Waals surface area contributed by atoms with E-state index in [1.165, 1.54) is 17.2 Å². The largest absolute Gasteiger partial charge is 0.493 e. The van der Waals surface area contributed by atoms with Gasteiger partial charge in [0.1, 0.15) is 5.69 Å². The number of amides is 1. The Balaban J connectivity index is 1.53. The van der Waals surface area contributed by atoms with Gasteiger partial charge in [0.15, 0.2) is 5.75 Å². The first-order valence-electron chi connectivity index (χ1n) is 13.5. The molecule has 40 heavy (non-hydrogen) atoms. The van der Waals surface area contributed by atoms with E-state index in [-0.39, 0.29) is 5.91 Å². The zero-order valence-corrected chi connectivity index (χ0v) is 23.9. The molecule has 3 heterocycles. The van der Waals surface area contributed by atoms with Crippen molar-refractivity contribution in [2.45, 2.75) is 26.3 Å². The molecule has 0 bridgehead atoms. The molecule has 1 aliphatic rings. The summed E-state index contributed by atoms with van der Waals surface area (Å²) in [6.07, 6.45) is 7.36. The molecule has 2 aromatic heterocycles. The number of aromatic nitrogens is 3. The van der Waals surface area contributed by atoms with E-state index in [2.05, 4.69) is 67.0 Å². The van der Waals surface area contributed by atoms with E-state index in [1.807, 2.05) is 34.1 Å². The summed E-state index contributed by atoms with van der Waals surface area (Å²) in [5.41, 5.74) is 7.79. The SMILES string of the molecule is C=CC(=O)Nc1cc(Nc2ncc(OC)c(-c3cn4c5c(cccc35)CCC4)n2)c(C)cc1N(C)CCN(C)C. The fourth-order valence-corrected chi connectivity index (χ4v) is 5.24. The number of carbonyl (C=O) groups excluding carboxylic acids is 1. The van der Waals surface area contributed by atoms with E-state index in [9.17, 15) is 4.79 Å². The van der Waals surface area contributed by atoms with Crippen LogP contribution in [0.4, 0.5) is 23.0 Å². The molecule has 0 saturated carbocycles. The van der Waals surface area contributed by atoms with Crippen molar-refractivity contribution in [3.8, 4) is 17.0 Å². The zero-order chi connectivity index (χ0) is 28.4. The summed E-state index contributed by atoms with van der Waals surface area (Å²) in [4.78, 5) is 26.0. The molecule has 0 atom stereocenters. The number of benzene rings is 2. The molecule has 1 aliphatic heterocycles. The molecule has 0 saturated heterocycles. The van der Waals surface area contributed by atoms with Gasteiger partial charge in [-0.1, -0.05) is 24.8 Å². The Kier molecular flexibility index (Phi) is 7.75. The fourth-order valence-electron chi connectivity index (χ4n) is 5.24. The lowest BCUT2D eigenvalue weighted by Gasteiger charge is -2.25. The zero-order valence-electron chi connectivity index (χ0n) is 23.9. The van der Waals surface area contributed by atoms with E-state index in [4.69, 9.17) is 9.72 Å². The van der Waals surface area contributed by atoms with Gasteiger partial charge in [0.25, 0.3) is 0 Å². The van der Waals surface area contributed by atoms with Gasteiger partial charge in [-0.05, 0) is 63.2 Å². The average molecular weight is 540 g/mol. The van der Waals surface area contributed by atoms with Gasteiger partial charge in [-0.15, -0.1) is 0 Å². The minimum atomic E-state index is -0.270. The number of likely N-dealkylation sites (N-methyl/N-ethyl adjacent to an activating group) is 2. The predicted octanol–water partition coefficient (Wildman–Crippen LogP) is 5.23. The Morgan fingerprint density at radius 2 is 2.02 bits per heavy atom. The van der Waals surface area contributed by atoms with Crippen LogP contribution in [0.25, 0.3) is 22.2 Å². The normalized spacial score (nSPS) is 12.4. The van der Waals surface area contributed by atoms with Crippen molar-refractivity contribution < 1.29 is 9.53 Å². The summed E-state index contributed by atoms with van der Waals surface area (Å²) in [5, 5.41) is 7.51. The second kappa shape index (κ2) is 11.4. The average Bonchev–Trinajstić information content (AvgIpc) is 3.33. The Morgan fingerprint density at radius 1 is 1.20 bits per heavy atom. The molecule has 0 spiro atoms. The quantitative estimate of drug-likeness (QED) is 0.267. The maximum atomic E-state index is 12.3. The molecule has 1 amide bonds. The van der Waals surface area contributed by atoms with Crippen LogP contribution in [0.5, 0.6) is 5.75 Å². The molecule has 4 aromatic rings. The number of aryl methyl sites for hydroxylation is 3. The standard InChI is InChI=1S/C31H37N7O2/c1-7-28(39)33-25-17-24(20(2)16-26(25)37(5)15-14-36(3)4)34-31-32-18-27(40-6)29(35-31)23-19-38-13-9-11-21-10-8-12-22(23)30(21)38/h7-8,10,12,16-19H,1,9,11,13-15H2,2-6H3,(H,33,39)(H,32,34,35). The molecule has 9 nitrogen and oxygen atoms in total. The maximum Gasteiger partial charge on any atom is 0.247 e. The van der Waals surface area contributed by atoms with E-state index in [1.54, 1.807) is 13.3 Å². The minimum absolute atomic E-state index is 0.270. The number of methoxy groups -OCH3 is 1. The van der Waals surface area contributed by atoms with Crippen LogP contribution in [0, 0.1) is 6.92 Å². The number of carbonyl (C=O) groups is 1. The lowest BCUT2D eigenvalue weighted by Crippen LogP contribution is -2.29. The topological polar surface area (TPSA) is 87.5 Å². The molecule has 208 valence electrons. The summed E-state index contributed by atoms with van der Waals surface area (Å²) in [7, 11) is 7.74. The van der Waals surface area contributed by atoms with Gasteiger partial charge in [-0.3, -0.25) is 4.79 Å². The van der Waals surface area contributed by atoms with E-state index < -0.39 is 0 Å². The van der Waals surface area contributed by atoms with Gasteiger partial charge >= 0.3 is 0 Å². The molecule has 5 rings (SSSR count). The summed E-state index contributed by atoms with van der Waals surface area (Å²) in [6.45, 7) is 8.31. The molecule has 0 fully saturated rings. The van der Waals surface area contributed by atoms with Crippen LogP contribution in [0.2, 0.25) is 0 Å². The Morgan fingerprint density at radius 3 is 2.77 bits per heavy atom. The number of nitrogens with one attached hydrogen (secondary N) is 2. The summed E-state index contributed by atoms with van der Waals surface area (Å²) in [5.74, 6) is 0.788. The van der Waals surface area contributed by atoms with Crippen molar-refractivity contribution in [3.63, 3.8) is 0 Å². The molecular formula is C31H37N7O2. The van der Waals surface area contributed by atoms with Crippen LogP contribution in [0.15, 0.2) is 55.4 Å². The number of anilines is 4. The highest BCUT2D eigenvalue weighted by atomic mass is 16.5. The van der Waals surface area contributed by atoms with Crippen LogP contribution in [-0.4, -0.2) is 66.7 Å². The number of para-hydroxylation sites is 1. The second-order valence-electron chi connectivity index (χ2n) is 10.5. The van der Waals surface area contributed by atoms with E-state index in [0.29, 0.717) is 17.4 Å². The predicted molar refractivity (Wildman–Crippen MR) is 163 cm³/mol. The van der Waals surface area contributed by atoms with Crippen LogP contribution in [0.1, 0.15) is 17.5 Å². The Bertz CT molecular complexity index is 1570. The highest BCUT2D eigenvalue weighted by molar-refractivity contribution is 6.02. The molecule has 0 radical (unpaired) electrons. The number of ether oxygens (including phenoxy) is 1. The Hall–Kier alpha value is -4.37. The first-order chi connectivity index (χ1) is 19.3. The number of nitrogens with zero attached hydrogens (tertiary/aromatic N) is 5. The van der Waals surface area contributed by atoms with Crippen molar-refractivity contribution in [2.75, 3.05) is 56.9 Å². The lowest BCUT2D eigenvalue weighted by molar-refractivity contribution is -0.111. The summed E-state index contributed by atoms with van der Waals surface area (Å²) >= 11 is 0. The third-order valence-corrected chi connectivity index (χ3v) is 7.38. The minimum Gasteiger partial charge on any atom is -0.493 e. The van der Waals surface area contributed by atoms with Crippen molar-refractivity contribution in [1.82, 2.24) is 19.4 Å². The van der Waals surface area contributed by atoms with Gasteiger partial charge in [0, 0.05) is 49.5 Å². The number of rotatable bonds is 10. The van der Waals surface area contributed by atoms with E-state index >= 15 is 0 Å². The number of hydrogen-bond acceptors (Lipinski definition) is 7. The van der Waals surface area contributed by atoms with Gasteiger partial charge in [-0.25, -0.2) is 9.97 Å². The van der Waals surface area contributed by atoms with Gasteiger partial charge in [-0.2, -0.15) is 0 Å². The van der Waals surface area contributed by atoms with E-state index in [0.717, 1.165) is 66.1 Å². The van der Waals surface area contributed by atoms with Crippen molar-refractivity contribution in [2.24, 2.45) is 0 Å². The molecule has 0 aliphatic carbocycles. The van der Waals surface area contributed by atoms with Crippen LogP contribution in [-0.2, 0) is 17.8 Å². The molecule has 9 heteroatoms. The lowest BCUT2D eigenvalue weighted by atomic mass is 10.0. The molecule has 2 N–H and O–H groups in total. The smallest absolute Gasteiger partial charge is 0.247 e. The highest BCUT2D eigenvalue weighted by Gasteiger charge is 2.21. The van der Waals surface area contributed by atoms with Crippen molar-refractivity contribution in [1.29, 1.82) is 0 Å². The number of hydrogen-bond donors (Lipinski definition) is 2. The highest BCUT2D eigenvalue weighted by Crippen LogP contribution is 2.39.